The van der Waals surface area contributed by atoms with E-state index in [1.165, 1.54) is 29.9 Å². The Morgan fingerprint density at radius 2 is 2.50 bits per heavy atom. The lowest BCUT2D eigenvalue weighted by atomic mass is 10.1. The monoisotopic (exact) mass is 286 g/mol. The van der Waals surface area contributed by atoms with Gasteiger partial charge in [-0.25, -0.2) is 9.78 Å². The summed E-state index contributed by atoms with van der Waals surface area (Å²) in [7, 11) is 0. The van der Waals surface area contributed by atoms with Gasteiger partial charge in [0.1, 0.15) is 0 Å². The number of anilines is 1. The summed E-state index contributed by atoms with van der Waals surface area (Å²) >= 11 is 3.46. The summed E-state index contributed by atoms with van der Waals surface area (Å²) in [6.45, 7) is 5.35. The summed E-state index contributed by atoms with van der Waals surface area (Å²) in [6, 6.07) is 0. The smallest absolute Gasteiger partial charge is 0.357 e. The number of ether oxygens (including phenoxy) is 1. The maximum atomic E-state index is 11.5. The van der Waals surface area contributed by atoms with Crippen LogP contribution < -0.4 is 5.32 Å². The number of hydrogen-bond donors (Lipinski definition) is 1. The highest BCUT2D eigenvalue weighted by Gasteiger charge is 2.29. The summed E-state index contributed by atoms with van der Waals surface area (Å²) in [6.07, 6.45) is 2.52. The summed E-state index contributed by atoms with van der Waals surface area (Å²) < 4.78 is 5.21. The van der Waals surface area contributed by atoms with Crippen LogP contribution in [0, 0.1) is 0 Å². The average Bonchev–Trinajstić information content (AvgIpc) is 2.96. The van der Waals surface area contributed by atoms with Crippen LogP contribution in [0.1, 0.15) is 37.2 Å². The second-order valence-electron chi connectivity index (χ2n) is 4.51. The van der Waals surface area contributed by atoms with Crippen molar-refractivity contribution in [3.8, 4) is 0 Å². The van der Waals surface area contributed by atoms with Crippen molar-refractivity contribution >= 4 is 34.2 Å². The quantitative estimate of drug-likeness (QED) is 0.843. The Morgan fingerprint density at radius 3 is 3.17 bits per heavy atom. The molecule has 1 aliphatic heterocycles. The Balaban J connectivity index is 1.88. The van der Waals surface area contributed by atoms with E-state index in [1.54, 1.807) is 12.3 Å². The number of thiazole rings is 1. The molecule has 0 spiro atoms. The zero-order chi connectivity index (χ0) is 13.0. The molecule has 6 heteroatoms. The lowest BCUT2D eigenvalue weighted by molar-refractivity contribution is 0.0520. The zero-order valence-electron chi connectivity index (χ0n) is 10.7. The number of hydrogen-bond acceptors (Lipinski definition) is 6. The van der Waals surface area contributed by atoms with Crippen molar-refractivity contribution in [2.45, 2.75) is 31.4 Å². The van der Waals surface area contributed by atoms with Crippen molar-refractivity contribution in [2.75, 3.05) is 24.2 Å². The van der Waals surface area contributed by atoms with E-state index in [0.29, 0.717) is 17.0 Å². The van der Waals surface area contributed by atoms with E-state index in [2.05, 4.69) is 17.2 Å². The predicted octanol–water partition coefficient (Wildman–Crippen LogP) is 3.02. The topological polar surface area (TPSA) is 51.2 Å². The molecule has 1 aromatic rings. The van der Waals surface area contributed by atoms with Gasteiger partial charge in [-0.2, -0.15) is 11.8 Å². The van der Waals surface area contributed by atoms with Gasteiger partial charge in [0.2, 0.25) is 0 Å². The number of carbonyl (C=O) groups is 1. The van der Waals surface area contributed by atoms with Crippen molar-refractivity contribution in [3.63, 3.8) is 0 Å². The molecule has 1 saturated heterocycles. The van der Waals surface area contributed by atoms with Crippen molar-refractivity contribution in [2.24, 2.45) is 0 Å². The number of carbonyl (C=O) groups excluding carboxylic acids is 1. The van der Waals surface area contributed by atoms with E-state index in [4.69, 9.17) is 4.74 Å². The molecule has 1 aliphatic rings. The van der Waals surface area contributed by atoms with Gasteiger partial charge < -0.3 is 10.1 Å². The molecule has 0 bridgehead atoms. The molecule has 1 N–H and O–H groups in total. The largest absolute Gasteiger partial charge is 0.461 e. The lowest BCUT2D eigenvalue weighted by Gasteiger charge is -2.22. The van der Waals surface area contributed by atoms with Crippen LogP contribution in [0.4, 0.5) is 5.13 Å². The molecule has 1 atom stereocenters. The van der Waals surface area contributed by atoms with Gasteiger partial charge in [-0.3, -0.25) is 0 Å². The molecule has 0 aromatic carbocycles. The highest BCUT2D eigenvalue weighted by atomic mass is 32.2. The minimum absolute atomic E-state index is 0.301. The van der Waals surface area contributed by atoms with Crippen LogP contribution in [0.5, 0.6) is 0 Å². The van der Waals surface area contributed by atoms with Gasteiger partial charge >= 0.3 is 5.97 Å². The highest BCUT2D eigenvalue weighted by Crippen LogP contribution is 2.37. The van der Waals surface area contributed by atoms with Crippen LogP contribution >= 0.6 is 23.1 Å². The molecule has 2 heterocycles. The van der Waals surface area contributed by atoms with Crippen molar-refractivity contribution < 1.29 is 9.53 Å². The highest BCUT2D eigenvalue weighted by molar-refractivity contribution is 8.00. The molecule has 0 aliphatic carbocycles. The first-order valence-electron chi connectivity index (χ1n) is 6.13. The zero-order valence-corrected chi connectivity index (χ0v) is 12.3. The first kappa shape index (κ1) is 13.7. The van der Waals surface area contributed by atoms with Crippen molar-refractivity contribution in [1.82, 2.24) is 4.98 Å². The van der Waals surface area contributed by atoms with Gasteiger partial charge in [-0.1, -0.05) is 0 Å². The third kappa shape index (κ3) is 3.38. The fourth-order valence-corrected chi connectivity index (χ4v) is 3.82. The third-order valence-corrected chi connectivity index (χ3v) is 5.24. The number of aromatic nitrogens is 1. The first-order chi connectivity index (χ1) is 8.63. The maximum absolute atomic E-state index is 11.5. The second-order valence-corrected chi connectivity index (χ2v) is 7.05. The Morgan fingerprint density at radius 1 is 1.67 bits per heavy atom. The van der Waals surface area contributed by atoms with Gasteiger partial charge in [0.25, 0.3) is 0 Å². The van der Waals surface area contributed by atoms with E-state index in [0.717, 1.165) is 11.7 Å². The van der Waals surface area contributed by atoms with Gasteiger partial charge in [0.05, 0.1) is 6.61 Å². The van der Waals surface area contributed by atoms with E-state index >= 15 is 0 Å². The molecule has 0 saturated carbocycles. The maximum Gasteiger partial charge on any atom is 0.357 e. The van der Waals surface area contributed by atoms with Crippen LogP contribution in [0.2, 0.25) is 0 Å². The number of esters is 1. The number of rotatable bonds is 5. The predicted molar refractivity (Wildman–Crippen MR) is 76.7 cm³/mol. The number of nitrogens with one attached hydrogen (secondary N) is 1. The fourth-order valence-electron chi connectivity index (χ4n) is 1.89. The van der Waals surface area contributed by atoms with Gasteiger partial charge in [0, 0.05) is 16.7 Å². The Labute approximate surface area is 116 Å². The van der Waals surface area contributed by atoms with Crippen LogP contribution in [-0.2, 0) is 4.74 Å². The van der Waals surface area contributed by atoms with Crippen molar-refractivity contribution in [3.05, 3.63) is 11.1 Å². The summed E-state index contributed by atoms with van der Waals surface area (Å²) in [4.78, 5) is 15.7. The van der Waals surface area contributed by atoms with Crippen LogP contribution in [0.3, 0.4) is 0 Å². The summed E-state index contributed by atoms with van der Waals surface area (Å²) in [5, 5.41) is 5.86. The SMILES string of the molecule is CCOC(=O)c1csc(NCC2(C)CCCS2)n1. The van der Waals surface area contributed by atoms with Crippen molar-refractivity contribution in [1.29, 1.82) is 0 Å². The van der Waals surface area contributed by atoms with E-state index in [-0.39, 0.29) is 5.97 Å². The third-order valence-electron chi connectivity index (χ3n) is 2.90. The van der Waals surface area contributed by atoms with E-state index in [9.17, 15) is 4.79 Å². The molecule has 4 nitrogen and oxygen atoms in total. The molecule has 1 fully saturated rings. The Kier molecular flexibility index (Phi) is 4.50. The lowest BCUT2D eigenvalue weighted by Crippen LogP contribution is -2.27. The molecule has 1 unspecified atom stereocenters. The van der Waals surface area contributed by atoms with Crippen LogP contribution in [-0.4, -0.2) is 34.6 Å². The normalized spacial score (nSPS) is 23.0. The van der Waals surface area contributed by atoms with Gasteiger partial charge in [-0.05, 0) is 32.4 Å². The molecular weight excluding hydrogens is 268 g/mol. The molecule has 2 rings (SSSR count). The Hall–Kier alpha value is -0.750. The molecule has 18 heavy (non-hydrogen) atoms. The molecule has 1 aromatic heterocycles. The van der Waals surface area contributed by atoms with E-state index < -0.39 is 0 Å². The molecular formula is C12H18N2O2S2. The number of thioether (sulfide) groups is 1. The summed E-state index contributed by atoms with van der Waals surface area (Å²) in [5.74, 6) is 0.896. The molecule has 100 valence electrons. The minimum atomic E-state index is -0.344. The van der Waals surface area contributed by atoms with Gasteiger partial charge in [-0.15, -0.1) is 11.3 Å². The second kappa shape index (κ2) is 5.93. The number of nitrogens with zero attached hydrogens (tertiary/aromatic N) is 1. The standard InChI is InChI=1S/C12H18N2O2S2/c1-3-16-10(15)9-7-17-11(14-9)13-8-12(2)5-4-6-18-12/h7H,3-6,8H2,1-2H3,(H,13,14). The molecule has 0 amide bonds. The van der Waals surface area contributed by atoms with Gasteiger partial charge in [0.15, 0.2) is 10.8 Å². The summed E-state index contributed by atoms with van der Waals surface area (Å²) in [5.41, 5.74) is 0.397. The average molecular weight is 286 g/mol. The van der Waals surface area contributed by atoms with Crippen LogP contribution in [0.15, 0.2) is 5.38 Å². The minimum Gasteiger partial charge on any atom is -0.461 e. The Bertz CT molecular complexity index is 414. The first-order valence-corrected chi connectivity index (χ1v) is 8.00. The van der Waals surface area contributed by atoms with Crippen LogP contribution in [0.25, 0.3) is 0 Å². The van der Waals surface area contributed by atoms with E-state index in [1.807, 2.05) is 11.8 Å². The molecule has 0 radical (unpaired) electrons. The fraction of sp³-hybridized carbons (Fsp3) is 0.667.